The number of aliphatic hydroxyl groups is 1. The van der Waals surface area contributed by atoms with Crippen LogP contribution in [0.4, 0.5) is 20.3 Å². The molecule has 3 aromatic carbocycles. The number of aromatic hydroxyl groups is 1. The van der Waals surface area contributed by atoms with Crippen LogP contribution in [-0.4, -0.2) is 140 Å². The van der Waals surface area contributed by atoms with Crippen LogP contribution in [0.1, 0.15) is 115 Å². The molecule has 0 radical (unpaired) electrons. The Labute approximate surface area is 492 Å². The summed E-state index contributed by atoms with van der Waals surface area (Å²) in [5.74, 6) is -0.515. The highest BCUT2D eigenvalue weighted by Gasteiger charge is 2.53. The van der Waals surface area contributed by atoms with E-state index in [1.54, 1.807) is 35.9 Å². The second kappa shape index (κ2) is 23.3. The molecule has 9 atom stereocenters. The fourth-order valence-corrected chi connectivity index (χ4v) is 14.8. The molecular weight excluding hydrogens is 1090 g/mol. The fraction of sp³-hybridized carbons (Fsp3) is 0.508. The number of aliphatic hydroxyl groups excluding tert-OH is 1. The zero-order valence-corrected chi connectivity index (χ0v) is 49.4. The highest BCUT2D eigenvalue weighted by Crippen LogP contribution is 2.43. The molecule has 0 saturated carbocycles. The van der Waals surface area contributed by atoms with Gasteiger partial charge in [-0.15, -0.1) is 11.3 Å². The summed E-state index contributed by atoms with van der Waals surface area (Å²) in [6.07, 6.45) is 6.12. The predicted octanol–water partition coefficient (Wildman–Crippen LogP) is 8.31. The quantitative estimate of drug-likeness (QED) is 0.0401. The highest BCUT2D eigenvalue weighted by molar-refractivity contribution is 7.13. The number of aromatic nitrogens is 5. The molecule has 5 saturated heterocycles. The van der Waals surface area contributed by atoms with Gasteiger partial charge in [0, 0.05) is 99.4 Å². The van der Waals surface area contributed by atoms with Gasteiger partial charge in [0.25, 0.3) is 0 Å². The van der Waals surface area contributed by atoms with Gasteiger partial charge in [-0.2, -0.15) is 9.97 Å². The first kappa shape index (κ1) is 57.7. The Morgan fingerprint density at radius 2 is 1.83 bits per heavy atom. The molecule has 7 N–H and O–H groups in total. The number of nitrogens with zero attached hydrogens (tertiary/aromatic N) is 7. The number of aryl methyl sites for hydroxylation is 2. The number of alkyl halides is 1. The largest absolute Gasteiger partial charge is 0.508 e. The van der Waals surface area contributed by atoms with E-state index in [0.29, 0.717) is 80.2 Å². The van der Waals surface area contributed by atoms with E-state index in [4.69, 9.17) is 24.2 Å². The van der Waals surface area contributed by atoms with Crippen LogP contribution in [0.15, 0.2) is 77.0 Å². The molecule has 2 bridgehead atoms. The van der Waals surface area contributed by atoms with Crippen LogP contribution >= 0.6 is 11.3 Å². The number of thiazole rings is 1. The highest BCUT2D eigenvalue weighted by atomic mass is 32.1. The van der Waals surface area contributed by atoms with Crippen molar-refractivity contribution in [3.63, 3.8) is 0 Å². The summed E-state index contributed by atoms with van der Waals surface area (Å²) in [6, 6.07) is 16.4. The normalized spacial score (nSPS) is 25.8. The third-order valence-electron chi connectivity index (χ3n) is 18.4. The van der Waals surface area contributed by atoms with Gasteiger partial charge in [-0.25, -0.2) is 13.8 Å². The standard InChI is InChI=1S/C63H76F2N12O6S/c1-7-38-9-8-10-41-23-45(78)24-47(52(38)41)54-53(64)55-48(30-68-54)58(76-32-43-15-16-44(33-76)73-43)75-60(74-55)82-22-17-42-25-62(65,18-19-67-42)27-49-36(3)66-20-21-77(49)50-31-71-83-57(50)61(5,6)28-51(80)63(26-46(79)29-70-63)59(81)72-35(2)39-11-13-40(14-12-39)56-37(4)69-34-84-56/h8-14,23-24,30-31,34-36,42-44,46,49,66-67,70,73,78-79H,7,15-22,25-29,32-33H2,1-6H3,(H,72,81)/t35-,36-,42?,43?,44?,46?,49?,62?,63-/m0/s1. The molecule has 5 fully saturated rings. The van der Waals surface area contributed by atoms with Gasteiger partial charge in [-0.1, -0.05) is 68.4 Å². The van der Waals surface area contributed by atoms with E-state index in [2.05, 4.69) is 53.4 Å². The number of amides is 1. The van der Waals surface area contributed by atoms with E-state index in [9.17, 15) is 19.8 Å². The van der Waals surface area contributed by atoms with Crippen molar-refractivity contribution in [3.8, 4) is 33.5 Å². The van der Waals surface area contributed by atoms with Crippen LogP contribution in [-0.2, 0) is 21.4 Å². The molecule has 12 rings (SSSR count). The van der Waals surface area contributed by atoms with Gasteiger partial charge in [0.05, 0.1) is 46.4 Å². The minimum atomic E-state index is -1.69. The van der Waals surface area contributed by atoms with Crippen molar-refractivity contribution in [2.24, 2.45) is 0 Å². The minimum absolute atomic E-state index is 0.00543. The SMILES string of the molecule is CCc1cccc2cc(O)cc(-c3ncc4c(N5CC6CCC(C5)N6)nc(OCCC5CC(F)(CC6[C@H](C)NCCN6c6cnoc6C(C)(C)CC(=O)[C@]6(C(=O)N[C@@H](C)c7ccc(-c8scnc8C)cc7)CC(O)CN6)CCN5)nc4c3F)c12. The molecule has 0 aliphatic carbocycles. The van der Waals surface area contributed by atoms with Gasteiger partial charge >= 0.3 is 6.01 Å². The first-order chi connectivity index (χ1) is 40.4. The second-order valence-electron chi connectivity index (χ2n) is 24.8. The average molecular weight is 1170 g/mol. The van der Waals surface area contributed by atoms with E-state index >= 15 is 8.78 Å². The smallest absolute Gasteiger partial charge is 0.319 e. The molecule has 444 valence electrons. The van der Waals surface area contributed by atoms with E-state index in [0.717, 1.165) is 50.9 Å². The van der Waals surface area contributed by atoms with Crippen LogP contribution in [0.25, 0.3) is 43.4 Å². The molecule has 6 unspecified atom stereocenters. The van der Waals surface area contributed by atoms with Gasteiger partial charge in [-0.05, 0) is 105 Å². The molecule has 7 aromatic rings. The summed E-state index contributed by atoms with van der Waals surface area (Å²) in [6.45, 7) is 14.9. The number of nitrogens with one attached hydrogen (secondary N) is 5. The lowest BCUT2D eigenvalue weighted by Crippen LogP contribution is -2.60. The second-order valence-corrected chi connectivity index (χ2v) is 25.6. The fourth-order valence-electron chi connectivity index (χ4n) is 13.9. The summed E-state index contributed by atoms with van der Waals surface area (Å²) in [5, 5.41) is 45.0. The number of piperazine rings is 2. The van der Waals surface area contributed by atoms with E-state index in [-0.39, 0.29) is 97.8 Å². The number of piperidine rings is 1. The van der Waals surface area contributed by atoms with Gasteiger partial charge in [0.1, 0.15) is 34.1 Å². The van der Waals surface area contributed by atoms with Gasteiger partial charge in [0.2, 0.25) is 5.91 Å². The maximum atomic E-state index is 17.8. The summed E-state index contributed by atoms with van der Waals surface area (Å²) < 4.78 is 47.5. The van der Waals surface area contributed by atoms with E-state index in [1.807, 2.05) is 82.6 Å². The number of Topliss-reactive ketones (excluding diaryl/α,β-unsaturated/α-hetero) is 1. The van der Waals surface area contributed by atoms with Crippen molar-refractivity contribution < 1.29 is 37.8 Å². The Kier molecular flexibility index (Phi) is 16.0. The number of carbonyl (C=O) groups is 2. The molecule has 1 amide bonds. The van der Waals surface area contributed by atoms with Crippen LogP contribution in [0, 0.1) is 12.7 Å². The van der Waals surface area contributed by atoms with Crippen molar-refractivity contribution in [2.45, 2.75) is 158 Å². The molecule has 5 aliphatic rings. The summed E-state index contributed by atoms with van der Waals surface area (Å²) in [5.41, 5.74) is 2.73. The van der Waals surface area contributed by atoms with E-state index in [1.165, 1.54) is 0 Å². The maximum absolute atomic E-state index is 17.8. The molecule has 0 spiro atoms. The molecular formula is C63H76F2N12O6S. The lowest BCUT2D eigenvalue weighted by molar-refractivity contribution is -0.138. The van der Waals surface area contributed by atoms with Crippen molar-refractivity contribution in [1.29, 1.82) is 0 Å². The molecule has 18 nitrogen and oxygen atoms in total. The molecule has 5 aliphatic heterocycles. The third-order valence-corrected chi connectivity index (χ3v) is 19.4. The lowest BCUT2D eigenvalue weighted by atomic mass is 9.77. The van der Waals surface area contributed by atoms with Gasteiger partial charge in [-0.3, -0.25) is 19.9 Å². The Bertz CT molecular complexity index is 3570. The van der Waals surface area contributed by atoms with Gasteiger partial charge < -0.3 is 50.5 Å². The number of phenolic OH excluding ortho intramolecular Hbond substituents is 1. The minimum Gasteiger partial charge on any atom is -0.508 e. The number of ether oxygens (including phenoxy) is 1. The number of benzene rings is 3. The van der Waals surface area contributed by atoms with Crippen LogP contribution in [0.5, 0.6) is 11.8 Å². The number of rotatable bonds is 18. The number of carbonyl (C=O) groups excluding carboxylic acids is 2. The Morgan fingerprint density at radius 1 is 1.04 bits per heavy atom. The number of halogens is 2. The molecule has 21 heteroatoms. The number of hydrogen-bond donors (Lipinski definition) is 7. The molecule has 9 heterocycles. The summed E-state index contributed by atoms with van der Waals surface area (Å²) in [4.78, 5) is 53.3. The number of β-amino-alcohol motifs (C(OH)–C–C–N with tert-alkyl or cyclic N) is 1. The lowest BCUT2D eigenvalue weighted by Gasteiger charge is -2.46. The van der Waals surface area contributed by atoms with Crippen LogP contribution < -0.4 is 41.1 Å². The predicted molar refractivity (Wildman–Crippen MR) is 321 cm³/mol. The number of anilines is 2. The first-order valence-corrected chi connectivity index (χ1v) is 30.7. The van der Waals surface area contributed by atoms with Crippen molar-refractivity contribution in [1.82, 2.24) is 51.7 Å². The summed E-state index contributed by atoms with van der Waals surface area (Å²) in [7, 11) is 0. The zero-order valence-electron chi connectivity index (χ0n) is 48.6. The molecule has 4 aromatic heterocycles. The maximum Gasteiger partial charge on any atom is 0.319 e. The number of fused-ring (bicyclic) bond motifs is 4. The summed E-state index contributed by atoms with van der Waals surface area (Å²) >= 11 is 1.57. The molecule has 84 heavy (non-hydrogen) atoms. The Hall–Kier alpha value is -6.75. The monoisotopic (exact) mass is 1170 g/mol. The third kappa shape index (κ3) is 11.2. The van der Waals surface area contributed by atoms with Crippen LogP contribution in [0.3, 0.4) is 0 Å². The zero-order chi connectivity index (χ0) is 58.7. The van der Waals surface area contributed by atoms with Crippen molar-refractivity contribution in [2.75, 3.05) is 55.7 Å². The van der Waals surface area contributed by atoms with E-state index < -0.39 is 40.5 Å². The Balaban J connectivity index is 0.736. The van der Waals surface area contributed by atoms with Crippen molar-refractivity contribution in [3.05, 3.63) is 101 Å². The number of hydrogen-bond acceptors (Lipinski definition) is 18. The number of ketones is 1. The van der Waals surface area contributed by atoms with Crippen molar-refractivity contribution >= 4 is 56.2 Å². The first-order valence-electron chi connectivity index (χ1n) is 29.8. The van der Waals surface area contributed by atoms with Crippen LogP contribution in [0.2, 0.25) is 0 Å². The number of pyridine rings is 1. The topological polar surface area (TPSA) is 228 Å². The average Bonchev–Trinajstić information content (AvgIpc) is 3.56. The number of phenols is 1. The Morgan fingerprint density at radius 3 is 2.57 bits per heavy atom. The van der Waals surface area contributed by atoms with Gasteiger partial charge in [0.15, 0.2) is 22.9 Å².